The summed E-state index contributed by atoms with van der Waals surface area (Å²) in [5.74, 6) is 2.37. The molecule has 1 aromatic carbocycles. The highest BCUT2D eigenvalue weighted by atomic mass is 16.5. The molecule has 1 fully saturated rings. The zero-order chi connectivity index (χ0) is 14.5. The van der Waals surface area contributed by atoms with Crippen LogP contribution in [0, 0.1) is 5.92 Å². The van der Waals surface area contributed by atoms with E-state index in [0.717, 1.165) is 36.7 Å². The van der Waals surface area contributed by atoms with Crippen molar-refractivity contribution in [2.75, 3.05) is 7.11 Å². The molecule has 1 aliphatic rings. The summed E-state index contributed by atoms with van der Waals surface area (Å²) in [6.07, 6.45) is 5.64. The van der Waals surface area contributed by atoms with E-state index < -0.39 is 0 Å². The molecule has 112 valence electrons. The van der Waals surface area contributed by atoms with E-state index in [0.29, 0.717) is 0 Å². The van der Waals surface area contributed by atoms with Gasteiger partial charge in [-0.15, -0.1) is 0 Å². The first kappa shape index (κ1) is 15.2. The third-order valence-electron chi connectivity index (χ3n) is 4.44. The number of hydrogen-bond donors (Lipinski definition) is 1. The largest absolute Gasteiger partial charge is 0.493 e. The van der Waals surface area contributed by atoms with Gasteiger partial charge in [0.05, 0.1) is 7.11 Å². The molecule has 0 spiro atoms. The van der Waals surface area contributed by atoms with Crippen molar-refractivity contribution >= 4 is 0 Å². The minimum Gasteiger partial charge on any atom is -0.493 e. The fraction of sp³-hybridized carbons (Fsp3) is 0.647. The maximum absolute atomic E-state index is 6.23. The summed E-state index contributed by atoms with van der Waals surface area (Å²) in [6, 6.07) is 6.30. The maximum atomic E-state index is 6.23. The minimum absolute atomic E-state index is 0.107. The van der Waals surface area contributed by atoms with Crippen LogP contribution < -0.4 is 15.2 Å². The molecule has 0 bridgehead atoms. The Kier molecular flexibility index (Phi) is 5.30. The minimum atomic E-state index is 0.107. The van der Waals surface area contributed by atoms with E-state index in [1.54, 1.807) is 7.11 Å². The van der Waals surface area contributed by atoms with E-state index in [9.17, 15) is 0 Å². The van der Waals surface area contributed by atoms with Crippen molar-refractivity contribution in [1.29, 1.82) is 0 Å². The highest BCUT2D eigenvalue weighted by Gasteiger charge is 2.29. The van der Waals surface area contributed by atoms with Gasteiger partial charge >= 0.3 is 0 Å². The van der Waals surface area contributed by atoms with E-state index in [-0.39, 0.29) is 12.1 Å². The molecule has 0 amide bonds. The number of ether oxygens (including phenoxy) is 2. The molecule has 2 N–H and O–H groups in total. The number of methoxy groups -OCH3 is 1. The van der Waals surface area contributed by atoms with Gasteiger partial charge in [0.25, 0.3) is 0 Å². The van der Waals surface area contributed by atoms with Crippen molar-refractivity contribution < 1.29 is 9.47 Å². The van der Waals surface area contributed by atoms with Crippen molar-refractivity contribution in [3.05, 3.63) is 23.8 Å². The lowest BCUT2D eigenvalue weighted by atomic mass is 9.83. The lowest BCUT2D eigenvalue weighted by Gasteiger charge is -2.34. The number of aryl methyl sites for hydroxylation is 1. The zero-order valence-electron chi connectivity index (χ0n) is 12.9. The lowest BCUT2D eigenvalue weighted by molar-refractivity contribution is 0.0980. The normalized spacial score (nSPS) is 26.3. The molecular formula is C17H27NO2. The Morgan fingerprint density at radius 1 is 1.20 bits per heavy atom. The molecule has 3 nitrogen and oxygen atoms in total. The lowest BCUT2D eigenvalue weighted by Crippen LogP contribution is -2.43. The van der Waals surface area contributed by atoms with Crippen LogP contribution in [-0.2, 0) is 6.42 Å². The van der Waals surface area contributed by atoms with Crippen LogP contribution in [0.2, 0.25) is 0 Å². The second-order valence-corrected chi connectivity index (χ2v) is 5.75. The third kappa shape index (κ3) is 3.45. The first-order valence-corrected chi connectivity index (χ1v) is 7.77. The second kappa shape index (κ2) is 6.98. The number of hydrogen-bond acceptors (Lipinski definition) is 3. The molecule has 2 rings (SSSR count). The van der Waals surface area contributed by atoms with Gasteiger partial charge in [-0.3, -0.25) is 0 Å². The van der Waals surface area contributed by atoms with Crippen molar-refractivity contribution in [2.45, 2.75) is 58.1 Å². The molecule has 20 heavy (non-hydrogen) atoms. The Balaban J connectivity index is 2.11. The first-order chi connectivity index (χ1) is 9.67. The molecule has 1 aromatic rings. The number of rotatable bonds is 5. The summed E-state index contributed by atoms with van der Waals surface area (Å²) in [5.41, 5.74) is 7.48. The Hall–Kier alpha value is -1.22. The predicted molar refractivity (Wildman–Crippen MR) is 82.4 cm³/mol. The third-order valence-corrected chi connectivity index (χ3v) is 4.44. The summed E-state index contributed by atoms with van der Waals surface area (Å²) >= 11 is 0. The van der Waals surface area contributed by atoms with E-state index in [1.807, 2.05) is 6.07 Å². The van der Waals surface area contributed by atoms with Crippen LogP contribution in [0.25, 0.3) is 0 Å². The van der Waals surface area contributed by atoms with Crippen LogP contribution in [0.4, 0.5) is 0 Å². The summed E-state index contributed by atoms with van der Waals surface area (Å²) in [6.45, 7) is 4.38. The Labute approximate surface area is 122 Å². The number of nitrogens with two attached hydrogens (primary N) is 1. The average Bonchev–Trinajstić information content (AvgIpc) is 2.49. The van der Waals surface area contributed by atoms with Gasteiger partial charge in [0.2, 0.25) is 0 Å². The molecule has 0 heterocycles. The van der Waals surface area contributed by atoms with Crippen molar-refractivity contribution in [1.82, 2.24) is 0 Å². The maximum Gasteiger partial charge on any atom is 0.161 e. The first-order valence-electron chi connectivity index (χ1n) is 7.77. The monoisotopic (exact) mass is 277 g/mol. The number of benzene rings is 1. The highest BCUT2D eigenvalue weighted by molar-refractivity contribution is 5.43. The quantitative estimate of drug-likeness (QED) is 0.895. The molecule has 3 atom stereocenters. The van der Waals surface area contributed by atoms with Crippen molar-refractivity contribution in [3.63, 3.8) is 0 Å². The van der Waals surface area contributed by atoms with E-state index in [4.69, 9.17) is 15.2 Å². The fourth-order valence-electron chi connectivity index (χ4n) is 2.93. The predicted octanol–water partition coefficient (Wildman–Crippen LogP) is 3.54. The summed E-state index contributed by atoms with van der Waals surface area (Å²) in [5, 5.41) is 0. The van der Waals surface area contributed by atoms with E-state index in [2.05, 4.69) is 26.0 Å². The smallest absolute Gasteiger partial charge is 0.161 e. The summed E-state index contributed by atoms with van der Waals surface area (Å²) in [4.78, 5) is 0. The Morgan fingerprint density at radius 3 is 2.65 bits per heavy atom. The molecule has 0 saturated heterocycles. The van der Waals surface area contributed by atoms with E-state index >= 15 is 0 Å². The van der Waals surface area contributed by atoms with Crippen LogP contribution in [0.5, 0.6) is 11.5 Å². The fourth-order valence-corrected chi connectivity index (χ4v) is 2.93. The van der Waals surface area contributed by atoms with Gasteiger partial charge in [-0.1, -0.05) is 26.3 Å². The Morgan fingerprint density at radius 2 is 2.00 bits per heavy atom. The molecule has 0 aliphatic heterocycles. The van der Waals surface area contributed by atoms with Crippen molar-refractivity contribution in [3.8, 4) is 11.5 Å². The van der Waals surface area contributed by atoms with Gasteiger partial charge in [-0.2, -0.15) is 0 Å². The van der Waals surface area contributed by atoms with Gasteiger partial charge in [0, 0.05) is 6.04 Å². The average molecular weight is 277 g/mol. The van der Waals surface area contributed by atoms with Gasteiger partial charge in [0.1, 0.15) is 6.10 Å². The van der Waals surface area contributed by atoms with Gasteiger partial charge < -0.3 is 15.2 Å². The van der Waals surface area contributed by atoms with Gasteiger partial charge in [-0.05, 0) is 49.3 Å². The summed E-state index contributed by atoms with van der Waals surface area (Å²) < 4.78 is 11.6. The van der Waals surface area contributed by atoms with Crippen molar-refractivity contribution in [2.24, 2.45) is 11.7 Å². The van der Waals surface area contributed by atoms with Crippen LogP contribution in [-0.4, -0.2) is 19.3 Å². The standard InChI is InChI=1S/C17H27NO2/c1-4-12-6-8-14(18)16(10-12)20-15-9-7-13(5-2)11-17(15)19-3/h7,9,11-12,14,16H,4-6,8,10,18H2,1-3H3. The van der Waals surface area contributed by atoms with Gasteiger partial charge in [-0.25, -0.2) is 0 Å². The van der Waals surface area contributed by atoms with E-state index in [1.165, 1.54) is 18.4 Å². The highest BCUT2D eigenvalue weighted by Crippen LogP contribution is 2.34. The van der Waals surface area contributed by atoms with Crippen LogP contribution in [0.3, 0.4) is 0 Å². The second-order valence-electron chi connectivity index (χ2n) is 5.75. The molecule has 0 radical (unpaired) electrons. The topological polar surface area (TPSA) is 44.5 Å². The SMILES string of the molecule is CCc1ccc(OC2CC(CC)CCC2N)c(OC)c1. The molecule has 3 heteroatoms. The molecule has 3 unspecified atom stereocenters. The summed E-state index contributed by atoms with van der Waals surface area (Å²) in [7, 11) is 1.69. The van der Waals surface area contributed by atoms with Gasteiger partial charge in [0.15, 0.2) is 11.5 Å². The molecule has 1 aliphatic carbocycles. The Bertz CT molecular complexity index is 433. The molecule has 0 aromatic heterocycles. The zero-order valence-corrected chi connectivity index (χ0v) is 12.9. The van der Waals surface area contributed by atoms with Crippen LogP contribution >= 0.6 is 0 Å². The molecular weight excluding hydrogens is 250 g/mol. The molecule has 1 saturated carbocycles. The van der Waals surface area contributed by atoms with Crippen LogP contribution in [0.15, 0.2) is 18.2 Å². The van der Waals surface area contributed by atoms with Crippen LogP contribution in [0.1, 0.15) is 45.1 Å².